The third kappa shape index (κ3) is 3.99. The van der Waals surface area contributed by atoms with E-state index in [1.165, 1.54) is 0 Å². The quantitative estimate of drug-likeness (QED) is 0.919. The van der Waals surface area contributed by atoms with E-state index in [-0.39, 0.29) is 5.75 Å². The Hall–Kier alpha value is -1.99. The fraction of sp³-hybridized carbons (Fsp3) is 0.143. The summed E-state index contributed by atoms with van der Waals surface area (Å²) in [7, 11) is -3.97. The summed E-state index contributed by atoms with van der Waals surface area (Å²) in [5.74, 6) is -2.01. The Balaban J connectivity index is 2.25. The second-order valence-corrected chi connectivity index (χ2v) is 6.07. The van der Waals surface area contributed by atoms with E-state index in [2.05, 4.69) is 10.5 Å². The number of benzene rings is 2. The van der Waals surface area contributed by atoms with Crippen LogP contribution in [0.4, 0.5) is 14.5 Å². The topological polar surface area (TPSA) is 75.9 Å². The van der Waals surface area contributed by atoms with Gasteiger partial charge in [0.2, 0.25) is 0 Å². The highest BCUT2D eigenvalue weighted by molar-refractivity contribution is 7.93. The number of rotatable bonds is 5. The van der Waals surface area contributed by atoms with Gasteiger partial charge in [0, 0.05) is 5.56 Å². The van der Waals surface area contributed by atoms with Crippen molar-refractivity contribution in [2.45, 2.75) is 12.3 Å². The molecule has 0 amide bonds. The van der Waals surface area contributed by atoms with Gasteiger partial charge < -0.3 is 10.5 Å². The average molecular weight is 312 g/mol. The van der Waals surface area contributed by atoms with Crippen molar-refractivity contribution in [2.24, 2.45) is 0 Å². The minimum absolute atomic E-state index is 0.380. The van der Waals surface area contributed by atoms with Gasteiger partial charge >= 0.3 is 0 Å². The summed E-state index contributed by atoms with van der Waals surface area (Å²) >= 11 is 0. The van der Waals surface area contributed by atoms with Crippen molar-refractivity contribution in [3.63, 3.8) is 0 Å². The van der Waals surface area contributed by atoms with Crippen LogP contribution in [0.2, 0.25) is 0 Å². The number of hydrogen-bond acceptors (Lipinski definition) is 2. The van der Waals surface area contributed by atoms with Crippen molar-refractivity contribution in [1.29, 1.82) is 0 Å². The molecule has 0 saturated carbocycles. The van der Waals surface area contributed by atoms with E-state index in [4.69, 9.17) is 0 Å². The van der Waals surface area contributed by atoms with Crippen molar-refractivity contribution in [1.82, 2.24) is 0 Å². The molecule has 21 heavy (non-hydrogen) atoms. The zero-order chi connectivity index (χ0) is 15.5. The predicted octanol–water partition coefficient (Wildman–Crippen LogP) is 2.24. The van der Waals surface area contributed by atoms with E-state index in [0.717, 1.165) is 23.8 Å². The van der Waals surface area contributed by atoms with Gasteiger partial charge in [0.15, 0.2) is 0 Å². The molecule has 0 bridgehead atoms. The molecule has 7 heteroatoms. The van der Waals surface area contributed by atoms with E-state index in [9.17, 15) is 17.2 Å². The number of quaternary nitrogens is 1. The van der Waals surface area contributed by atoms with Crippen molar-refractivity contribution in [2.75, 3.05) is 0 Å². The molecular formula is C14H14F2N2O2S. The molecule has 0 spiro atoms. The molecule has 0 aliphatic heterocycles. The fourth-order valence-electron chi connectivity index (χ4n) is 1.88. The van der Waals surface area contributed by atoms with E-state index in [1.54, 1.807) is 24.3 Å². The Bertz CT molecular complexity index is 748. The maximum Gasteiger partial charge on any atom is 0.122 e. The van der Waals surface area contributed by atoms with Gasteiger partial charge in [-0.1, -0.05) is 30.0 Å². The first-order valence-corrected chi connectivity index (χ1v) is 7.79. The maximum atomic E-state index is 13.4. The van der Waals surface area contributed by atoms with Crippen LogP contribution in [0.15, 0.2) is 42.5 Å². The summed E-state index contributed by atoms with van der Waals surface area (Å²) in [6, 6.07) is 9.38. The molecule has 0 aromatic heterocycles. The molecule has 0 aliphatic rings. The second kappa shape index (κ2) is 6.19. The Morgan fingerprint density at radius 2 is 1.71 bits per heavy atom. The van der Waals surface area contributed by atoms with Crippen LogP contribution in [0.5, 0.6) is 0 Å². The Morgan fingerprint density at radius 3 is 2.38 bits per heavy atom. The van der Waals surface area contributed by atoms with Crippen molar-refractivity contribution >= 4 is 15.7 Å². The minimum Gasteiger partial charge on any atom is -0.574 e. The lowest BCUT2D eigenvalue weighted by Crippen LogP contribution is -2.47. The third-order valence-corrected chi connectivity index (χ3v) is 4.02. The molecule has 0 atom stereocenters. The summed E-state index contributed by atoms with van der Waals surface area (Å²) < 4.78 is 53.9. The number of sulfonamides is 1. The molecule has 0 heterocycles. The van der Waals surface area contributed by atoms with Crippen LogP contribution in [-0.2, 0) is 22.3 Å². The van der Waals surface area contributed by atoms with E-state index in [0.29, 0.717) is 12.1 Å². The van der Waals surface area contributed by atoms with Crippen LogP contribution in [0.3, 0.4) is 0 Å². The lowest BCUT2D eigenvalue weighted by atomic mass is 10.1. The first-order valence-electron chi connectivity index (χ1n) is 6.18. The zero-order valence-electron chi connectivity index (χ0n) is 11.1. The normalized spacial score (nSPS) is 11.4. The first-order chi connectivity index (χ1) is 9.91. The summed E-state index contributed by atoms with van der Waals surface area (Å²) in [5, 5.41) is 0. The second-order valence-electron chi connectivity index (χ2n) is 4.43. The molecule has 0 aliphatic carbocycles. The van der Waals surface area contributed by atoms with Gasteiger partial charge in [0.25, 0.3) is 0 Å². The van der Waals surface area contributed by atoms with Crippen LogP contribution in [-0.4, -0.2) is 8.42 Å². The van der Waals surface area contributed by atoms with Crippen LogP contribution in [0, 0.1) is 11.6 Å². The molecular weight excluding hydrogens is 298 g/mol. The lowest BCUT2D eigenvalue weighted by molar-refractivity contribution is -0.386. The van der Waals surface area contributed by atoms with Crippen molar-refractivity contribution < 1.29 is 22.9 Å². The number of nitrogens with zero attached hydrogens (tertiary/aromatic N) is 1. The summed E-state index contributed by atoms with van der Waals surface area (Å²) in [6.45, 7) is 0.431. The third-order valence-electron chi connectivity index (χ3n) is 2.87. The maximum absolute atomic E-state index is 13.4. The minimum atomic E-state index is -3.97. The number of halogens is 2. The smallest absolute Gasteiger partial charge is 0.122 e. The Morgan fingerprint density at radius 1 is 1.05 bits per heavy atom. The highest BCUT2D eigenvalue weighted by Gasteiger charge is 2.09. The van der Waals surface area contributed by atoms with E-state index in [1.807, 2.05) is 0 Å². The predicted molar refractivity (Wildman–Crippen MR) is 75.0 cm³/mol. The molecule has 2 rings (SSSR count). The standard InChI is InChI=1S/C14H13F2N2O2S/c15-12-5-6-13(16)14(7-12)18-21(19,20)9-11-4-2-1-3-10(11)8-17/h1-7H,8-9,17H2/q-1/p+1. The van der Waals surface area contributed by atoms with Gasteiger partial charge in [-0.2, -0.15) is 0 Å². The zero-order valence-corrected chi connectivity index (χ0v) is 11.9. The van der Waals surface area contributed by atoms with Crippen LogP contribution in [0.1, 0.15) is 11.1 Å². The molecule has 0 saturated heterocycles. The molecule has 0 fully saturated rings. The molecule has 2 aromatic carbocycles. The summed E-state index contributed by atoms with van der Waals surface area (Å²) in [6.07, 6.45) is 0. The summed E-state index contributed by atoms with van der Waals surface area (Å²) in [4.78, 5) is 0. The van der Waals surface area contributed by atoms with E-state index >= 15 is 0 Å². The lowest BCUT2D eigenvalue weighted by Gasteiger charge is -2.23. The Kier molecular flexibility index (Phi) is 4.54. The van der Waals surface area contributed by atoms with Gasteiger partial charge in [-0.3, -0.25) is 0 Å². The summed E-state index contributed by atoms with van der Waals surface area (Å²) in [5.41, 5.74) is 4.52. The van der Waals surface area contributed by atoms with Crippen LogP contribution >= 0.6 is 0 Å². The monoisotopic (exact) mass is 312 g/mol. The molecule has 0 unspecified atom stereocenters. The average Bonchev–Trinajstić information content (AvgIpc) is 2.43. The van der Waals surface area contributed by atoms with Gasteiger partial charge in [0.05, 0.1) is 22.3 Å². The molecule has 2 aromatic rings. The molecule has 3 N–H and O–H groups in total. The van der Waals surface area contributed by atoms with Crippen LogP contribution in [0.25, 0.3) is 4.72 Å². The van der Waals surface area contributed by atoms with Crippen LogP contribution < -0.4 is 5.73 Å². The van der Waals surface area contributed by atoms with Gasteiger partial charge in [-0.25, -0.2) is 17.2 Å². The first kappa shape index (κ1) is 15.4. The van der Waals surface area contributed by atoms with Gasteiger partial charge in [-0.15, -0.1) is 0 Å². The van der Waals surface area contributed by atoms with Gasteiger partial charge in [0.1, 0.15) is 11.6 Å². The molecule has 112 valence electrons. The highest BCUT2D eigenvalue weighted by atomic mass is 32.2. The van der Waals surface area contributed by atoms with Crippen molar-refractivity contribution in [3.05, 3.63) is 69.9 Å². The molecule has 0 radical (unpaired) electrons. The molecule has 4 nitrogen and oxygen atoms in total. The number of hydrogen-bond donors (Lipinski definition) is 1. The SMILES string of the molecule is [NH3+]Cc1ccccc1CS(=O)(=O)[N-]c1cc(F)ccc1F. The van der Waals surface area contributed by atoms with E-state index < -0.39 is 27.3 Å². The van der Waals surface area contributed by atoms with Crippen molar-refractivity contribution in [3.8, 4) is 0 Å². The Labute approximate surface area is 121 Å². The fourth-order valence-corrected chi connectivity index (χ4v) is 3.06. The largest absolute Gasteiger partial charge is 0.574 e. The highest BCUT2D eigenvalue weighted by Crippen LogP contribution is 2.29. The van der Waals surface area contributed by atoms with Gasteiger partial charge in [-0.05, 0) is 23.8 Å².